The van der Waals surface area contributed by atoms with Crippen molar-refractivity contribution in [2.24, 2.45) is 0 Å². The Morgan fingerprint density at radius 3 is 2.67 bits per heavy atom. The Kier molecular flexibility index (Phi) is 3.84. The standard InChI is InChI=1S/C14H12N2O5/c1-9-5-6-15(12(17)7-9)8-10-3-2-4-11(16(20)21)13(10)14(18)19/h2-7H,8H2,1H3,(H,18,19). The third kappa shape index (κ3) is 2.97. The van der Waals surface area contributed by atoms with Crippen LogP contribution in [-0.2, 0) is 6.54 Å². The minimum absolute atomic E-state index is 0.0393. The zero-order valence-corrected chi connectivity index (χ0v) is 11.1. The van der Waals surface area contributed by atoms with Gasteiger partial charge >= 0.3 is 5.97 Å². The van der Waals surface area contributed by atoms with E-state index in [1.165, 1.54) is 29.0 Å². The lowest BCUT2D eigenvalue weighted by molar-refractivity contribution is -0.385. The predicted octanol–water partition coefficient (Wildman–Crippen LogP) is 1.81. The van der Waals surface area contributed by atoms with Gasteiger partial charge in [-0.2, -0.15) is 0 Å². The normalized spacial score (nSPS) is 10.3. The Morgan fingerprint density at radius 2 is 2.10 bits per heavy atom. The second kappa shape index (κ2) is 5.58. The van der Waals surface area contributed by atoms with Crippen LogP contribution in [0.25, 0.3) is 0 Å². The molecular weight excluding hydrogens is 276 g/mol. The van der Waals surface area contributed by atoms with Crippen LogP contribution >= 0.6 is 0 Å². The number of pyridine rings is 1. The maximum Gasteiger partial charge on any atom is 0.343 e. The molecule has 2 rings (SSSR count). The summed E-state index contributed by atoms with van der Waals surface area (Å²) in [4.78, 5) is 33.3. The Morgan fingerprint density at radius 1 is 1.38 bits per heavy atom. The van der Waals surface area contributed by atoms with Crippen LogP contribution in [0, 0.1) is 17.0 Å². The molecule has 0 saturated carbocycles. The van der Waals surface area contributed by atoms with E-state index in [1.54, 1.807) is 13.0 Å². The molecule has 7 nitrogen and oxygen atoms in total. The number of rotatable bonds is 4. The van der Waals surface area contributed by atoms with Gasteiger partial charge in [0, 0.05) is 18.3 Å². The number of aryl methyl sites for hydroxylation is 1. The highest BCUT2D eigenvalue weighted by Gasteiger charge is 2.23. The maximum atomic E-state index is 11.8. The van der Waals surface area contributed by atoms with Crippen LogP contribution < -0.4 is 5.56 Å². The molecule has 0 aliphatic heterocycles. The van der Waals surface area contributed by atoms with Crippen LogP contribution in [0.4, 0.5) is 5.69 Å². The SMILES string of the molecule is Cc1ccn(Cc2cccc([N+](=O)[O-])c2C(=O)O)c(=O)c1. The number of nitro groups is 1. The van der Waals surface area contributed by atoms with E-state index in [1.807, 2.05) is 0 Å². The number of carboxylic acids is 1. The predicted molar refractivity (Wildman–Crippen MR) is 74.6 cm³/mol. The van der Waals surface area contributed by atoms with Crippen molar-refractivity contribution < 1.29 is 14.8 Å². The third-order valence-electron chi connectivity index (χ3n) is 3.03. The first kappa shape index (κ1) is 14.4. The fourth-order valence-corrected chi connectivity index (χ4v) is 2.04. The van der Waals surface area contributed by atoms with Crippen molar-refractivity contribution in [2.45, 2.75) is 13.5 Å². The zero-order valence-electron chi connectivity index (χ0n) is 11.1. The summed E-state index contributed by atoms with van der Waals surface area (Å²) in [6, 6.07) is 7.11. The van der Waals surface area contributed by atoms with Gasteiger partial charge in [0.05, 0.1) is 11.5 Å². The van der Waals surface area contributed by atoms with Gasteiger partial charge < -0.3 is 9.67 Å². The molecule has 108 valence electrons. The number of benzene rings is 1. The van der Waals surface area contributed by atoms with E-state index in [2.05, 4.69) is 0 Å². The van der Waals surface area contributed by atoms with Gasteiger partial charge in [0.2, 0.25) is 0 Å². The molecule has 1 aromatic carbocycles. The third-order valence-corrected chi connectivity index (χ3v) is 3.03. The zero-order chi connectivity index (χ0) is 15.6. The van der Waals surface area contributed by atoms with E-state index in [0.717, 1.165) is 11.6 Å². The van der Waals surface area contributed by atoms with Crippen molar-refractivity contribution in [1.82, 2.24) is 4.57 Å². The number of nitrogens with zero attached hydrogens (tertiary/aromatic N) is 2. The van der Waals surface area contributed by atoms with Gasteiger partial charge in [-0.05, 0) is 24.1 Å². The quantitative estimate of drug-likeness (QED) is 0.682. The van der Waals surface area contributed by atoms with E-state index in [0.29, 0.717) is 0 Å². The van der Waals surface area contributed by atoms with Gasteiger partial charge in [-0.1, -0.05) is 12.1 Å². The fraction of sp³-hybridized carbons (Fsp3) is 0.143. The second-order valence-corrected chi connectivity index (χ2v) is 4.54. The summed E-state index contributed by atoms with van der Waals surface area (Å²) in [5, 5.41) is 20.1. The molecule has 0 fully saturated rings. The maximum absolute atomic E-state index is 11.8. The van der Waals surface area contributed by atoms with E-state index in [4.69, 9.17) is 0 Å². The average Bonchev–Trinajstić information content (AvgIpc) is 2.41. The number of carbonyl (C=O) groups is 1. The summed E-state index contributed by atoms with van der Waals surface area (Å²) in [6.07, 6.45) is 1.53. The number of aromatic carboxylic acids is 1. The molecule has 0 aliphatic carbocycles. The Balaban J connectivity index is 2.54. The Hall–Kier alpha value is -2.96. The Labute approximate surface area is 119 Å². The molecule has 0 amide bonds. The summed E-state index contributed by atoms with van der Waals surface area (Å²) in [6.45, 7) is 1.73. The topological polar surface area (TPSA) is 102 Å². The molecule has 0 atom stereocenters. The number of hydrogen-bond acceptors (Lipinski definition) is 4. The summed E-state index contributed by atoms with van der Waals surface area (Å²) in [5.74, 6) is -1.39. The molecule has 0 saturated heterocycles. The molecule has 1 heterocycles. The molecule has 0 aliphatic rings. The summed E-state index contributed by atoms with van der Waals surface area (Å²) in [7, 11) is 0. The van der Waals surface area contributed by atoms with Crippen LogP contribution in [-0.4, -0.2) is 20.6 Å². The number of hydrogen-bond donors (Lipinski definition) is 1. The van der Waals surface area contributed by atoms with Crippen LogP contribution in [0.5, 0.6) is 0 Å². The molecule has 7 heteroatoms. The van der Waals surface area contributed by atoms with E-state index >= 15 is 0 Å². The Bertz CT molecular complexity index is 779. The molecule has 0 unspecified atom stereocenters. The average molecular weight is 288 g/mol. The fourth-order valence-electron chi connectivity index (χ4n) is 2.04. The molecule has 0 radical (unpaired) electrons. The first-order valence-electron chi connectivity index (χ1n) is 6.07. The van der Waals surface area contributed by atoms with E-state index in [9.17, 15) is 24.8 Å². The molecule has 21 heavy (non-hydrogen) atoms. The van der Waals surface area contributed by atoms with E-state index in [-0.39, 0.29) is 17.7 Å². The molecule has 1 N–H and O–H groups in total. The van der Waals surface area contributed by atoms with Crippen molar-refractivity contribution in [1.29, 1.82) is 0 Å². The van der Waals surface area contributed by atoms with Gasteiger partial charge in [-0.15, -0.1) is 0 Å². The van der Waals surface area contributed by atoms with Gasteiger partial charge in [-0.25, -0.2) is 4.79 Å². The number of carboxylic acid groups (broad SMARTS) is 1. The van der Waals surface area contributed by atoms with Crippen molar-refractivity contribution >= 4 is 11.7 Å². The van der Waals surface area contributed by atoms with Crippen LogP contribution in [0.2, 0.25) is 0 Å². The molecular formula is C14H12N2O5. The van der Waals surface area contributed by atoms with Crippen molar-refractivity contribution in [2.75, 3.05) is 0 Å². The highest BCUT2D eigenvalue weighted by Crippen LogP contribution is 2.22. The van der Waals surface area contributed by atoms with Crippen LogP contribution in [0.15, 0.2) is 41.3 Å². The first-order chi connectivity index (χ1) is 9.90. The van der Waals surface area contributed by atoms with Crippen LogP contribution in [0.3, 0.4) is 0 Å². The van der Waals surface area contributed by atoms with Crippen molar-refractivity contribution in [3.8, 4) is 0 Å². The van der Waals surface area contributed by atoms with Gasteiger partial charge in [0.1, 0.15) is 5.56 Å². The second-order valence-electron chi connectivity index (χ2n) is 4.54. The number of nitro benzene ring substituents is 1. The van der Waals surface area contributed by atoms with E-state index < -0.39 is 22.1 Å². The van der Waals surface area contributed by atoms with Gasteiger partial charge in [0.25, 0.3) is 11.2 Å². The lowest BCUT2D eigenvalue weighted by Gasteiger charge is -2.09. The lowest BCUT2D eigenvalue weighted by Crippen LogP contribution is -2.21. The monoisotopic (exact) mass is 288 g/mol. The van der Waals surface area contributed by atoms with Crippen molar-refractivity contribution in [3.05, 3.63) is 73.7 Å². The van der Waals surface area contributed by atoms with Crippen LogP contribution in [0.1, 0.15) is 21.5 Å². The highest BCUT2D eigenvalue weighted by molar-refractivity contribution is 5.94. The molecule has 1 aromatic heterocycles. The summed E-state index contributed by atoms with van der Waals surface area (Å²) < 4.78 is 1.30. The number of aromatic nitrogens is 1. The summed E-state index contributed by atoms with van der Waals surface area (Å²) >= 11 is 0. The van der Waals surface area contributed by atoms with Crippen molar-refractivity contribution in [3.63, 3.8) is 0 Å². The lowest BCUT2D eigenvalue weighted by atomic mass is 10.1. The molecule has 2 aromatic rings. The smallest absolute Gasteiger partial charge is 0.343 e. The molecule has 0 bridgehead atoms. The van der Waals surface area contributed by atoms with Gasteiger partial charge in [-0.3, -0.25) is 14.9 Å². The highest BCUT2D eigenvalue weighted by atomic mass is 16.6. The largest absolute Gasteiger partial charge is 0.477 e. The minimum atomic E-state index is -1.39. The molecule has 0 spiro atoms. The van der Waals surface area contributed by atoms with Gasteiger partial charge in [0.15, 0.2) is 0 Å². The summed E-state index contributed by atoms with van der Waals surface area (Å²) in [5.41, 5.74) is -0.176. The minimum Gasteiger partial charge on any atom is -0.477 e. The first-order valence-corrected chi connectivity index (χ1v) is 6.07.